The van der Waals surface area contributed by atoms with E-state index in [2.05, 4.69) is 40.9 Å². The molecule has 3 N–H and O–H groups in total. The van der Waals surface area contributed by atoms with Crippen molar-refractivity contribution in [3.8, 4) is 5.88 Å². The Bertz CT molecular complexity index is 862. The molecule has 0 bridgehead atoms. The Morgan fingerprint density at radius 1 is 1.28 bits per heavy atom. The minimum Gasteiger partial charge on any atom is -0.476 e. The summed E-state index contributed by atoms with van der Waals surface area (Å²) in [6.45, 7) is 3.86. The molecule has 2 aliphatic rings. The maximum Gasteiger partial charge on any atom is 0.228 e. The van der Waals surface area contributed by atoms with Crippen molar-refractivity contribution >= 4 is 23.3 Å². The second-order valence-electron chi connectivity index (χ2n) is 7.81. The Kier molecular flexibility index (Phi) is 5.79. The zero-order chi connectivity index (χ0) is 20.2. The third-order valence-corrected chi connectivity index (χ3v) is 4.72. The Morgan fingerprint density at radius 3 is 2.86 bits per heavy atom. The summed E-state index contributed by atoms with van der Waals surface area (Å²) in [6.07, 6.45) is 3.21. The predicted molar refractivity (Wildman–Crippen MR) is 111 cm³/mol. The highest BCUT2D eigenvalue weighted by Crippen LogP contribution is 2.39. The molecule has 1 aliphatic heterocycles. The maximum atomic E-state index is 5.83. The van der Waals surface area contributed by atoms with Crippen molar-refractivity contribution in [2.75, 3.05) is 44.4 Å². The van der Waals surface area contributed by atoms with E-state index in [0.29, 0.717) is 36.7 Å². The molecule has 4 rings (SSSR count). The molecule has 1 atom stereocenters. The van der Waals surface area contributed by atoms with E-state index in [4.69, 9.17) is 9.57 Å². The van der Waals surface area contributed by atoms with Gasteiger partial charge in [0, 0.05) is 31.0 Å². The average molecular weight is 400 g/mol. The smallest absolute Gasteiger partial charge is 0.228 e. The van der Waals surface area contributed by atoms with Gasteiger partial charge in [0.1, 0.15) is 24.3 Å². The van der Waals surface area contributed by atoms with Crippen LogP contribution in [-0.4, -0.2) is 70.7 Å². The van der Waals surface area contributed by atoms with Crippen LogP contribution in [-0.2, 0) is 4.84 Å². The molecule has 10 heteroatoms. The highest BCUT2D eigenvalue weighted by atomic mass is 16.6. The zero-order valence-corrected chi connectivity index (χ0v) is 17.1. The highest BCUT2D eigenvalue weighted by molar-refractivity contribution is 5.82. The first-order valence-corrected chi connectivity index (χ1v) is 9.97. The van der Waals surface area contributed by atoms with Gasteiger partial charge in [-0.1, -0.05) is 5.16 Å². The van der Waals surface area contributed by atoms with Crippen LogP contribution in [0.1, 0.15) is 37.8 Å². The largest absolute Gasteiger partial charge is 0.476 e. The fraction of sp³-hybridized carbons (Fsp3) is 0.579. The normalized spacial score (nSPS) is 18.5. The van der Waals surface area contributed by atoms with Gasteiger partial charge in [-0.15, -0.1) is 0 Å². The molecule has 2 aromatic heterocycles. The fourth-order valence-corrected chi connectivity index (χ4v) is 2.99. The number of nitrogens with one attached hydrogen (secondary N) is 3. The summed E-state index contributed by atoms with van der Waals surface area (Å²) < 4.78 is 5.83. The average Bonchev–Trinajstić information content (AvgIpc) is 3.29. The summed E-state index contributed by atoms with van der Waals surface area (Å²) in [5.41, 5.74) is 2.09. The monoisotopic (exact) mass is 400 g/mol. The molecule has 10 nitrogen and oxygen atoms in total. The number of ether oxygens (including phenoxy) is 1. The molecular weight excluding hydrogens is 372 g/mol. The molecule has 0 spiro atoms. The number of nitrogens with zero attached hydrogens (tertiary/aromatic N) is 5. The van der Waals surface area contributed by atoms with Crippen LogP contribution >= 0.6 is 0 Å². The summed E-state index contributed by atoms with van der Waals surface area (Å²) >= 11 is 0. The lowest BCUT2D eigenvalue weighted by Crippen LogP contribution is -2.22. The van der Waals surface area contributed by atoms with E-state index in [1.54, 1.807) is 6.07 Å². The number of H-pyrrole nitrogens is 1. The molecular formula is C19H28N8O2. The molecule has 1 unspecified atom stereocenters. The van der Waals surface area contributed by atoms with Crippen molar-refractivity contribution in [2.24, 2.45) is 5.16 Å². The van der Waals surface area contributed by atoms with Crippen LogP contribution in [0.15, 0.2) is 17.3 Å². The lowest BCUT2D eigenvalue weighted by molar-refractivity contribution is 0.0948. The minimum atomic E-state index is -0.0120. The Hall–Kier alpha value is -2.88. The van der Waals surface area contributed by atoms with Crippen molar-refractivity contribution in [1.29, 1.82) is 0 Å². The number of rotatable bonds is 10. The number of aromatic nitrogens is 4. The number of likely N-dealkylation sites (N-methyl/N-ethyl adjacent to an activating group) is 1. The maximum absolute atomic E-state index is 5.83. The molecule has 2 aromatic rings. The third-order valence-electron chi connectivity index (χ3n) is 4.72. The standard InChI is InChI=1S/C19H28N8O2/c1-12-8-14(29-26-12)11-20-19-22-16(10-18(23-19)28-7-6-27(2)3)21-17-9-15(24-25-17)13-4-5-13/h9-10,13-14H,4-8,11H2,1-3H3,(H3,20,21,22,23,24,25). The van der Waals surface area contributed by atoms with Gasteiger partial charge in [-0.05, 0) is 33.9 Å². The second kappa shape index (κ2) is 8.64. The van der Waals surface area contributed by atoms with E-state index in [1.165, 1.54) is 12.8 Å². The van der Waals surface area contributed by atoms with Crippen LogP contribution in [0, 0.1) is 0 Å². The van der Waals surface area contributed by atoms with E-state index < -0.39 is 0 Å². The first-order valence-electron chi connectivity index (χ1n) is 9.97. The van der Waals surface area contributed by atoms with Crippen LogP contribution in [0.25, 0.3) is 0 Å². The van der Waals surface area contributed by atoms with Gasteiger partial charge in [-0.3, -0.25) is 5.10 Å². The number of hydrogen-bond acceptors (Lipinski definition) is 9. The lowest BCUT2D eigenvalue weighted by Gasteiger charge is -2.14. The topological polar surface area (TPSA) is 113 Å². The van der Waals surface area contributed by atoms with Crippen molar-refractivity contribution in [1.82, 2.24) is 25.1 Å². The van der Waals surface area contributed by atoms with Gasteiger partial charge in [0.25, 0.3) is 0 Å². The first-order chi connectivity index (χ1) is 14.0. The molecule has 1 aliphatic carbocycles. The highest BCUT2D eigenvalue weighted by Gasteiger charge is 2.26. The summed E-state index contributed by atoms with van der Waals surface area (Å²) in [5.74, 6) is 3.01. The molecule has 3 heterocycles. The third kappa shape index (κ3) is 5.57. The first kappa shape index (κ1) is 19.4. The lowest BCUT2D eigenvalue weighted by atomic mass is 10.2. The number of aromatic amines is 1. The molecule has 0 radical (unpaired) electrons. The molecule has 29 heavy (non-hydrogen) atoms. The molecule has 0 amide bonds. The van der Waals surface area contributed by atoms with Gasteiger partial charge in [0.15, 0.2) is 0 Å². The van der Waals surface area contributed by atoms with E-state index >= 15 is 0 Å². The number of anilines is 3. The van der Waals surface area contributed by atoms with Gasteiger partial charge < -0.3 is 25.1 Å². The molecule has 0 aromatic carbocycles. The van der Waals surface area contributed by atoms with E-state index in [1.807, 2.05) is 27.1 Å². The van der Waals surface area contributed by atoms with Crippen LogP contribution in [0.3, 0.4) is 0 Å². The number of oxime groups is 1. The zero-order valence-electron chi connectivity index (χ0n) is 17.1. The fourth-order valence-electron chi connectivity index (χ4n) is 2.99. The van der Waals surface area contributed by atoms with Crippen molar-refractivity contribution < 1.29 is 9.57 Å². The number of hydrogen-bond donors (Lipinski definition) is 3. The Balaban J connectivity index is 1.43. The van der Waals surface area contributed by atoms with Crippen molar-refractivity contribution in [3.05, 3.63) is 17.8 Å². The van der Waals surface area contributed by atoms with Gasteiger partial charge in [-0.25, -0.2) is 0 Å². The minimum absolute atomic E-state index is 0.0120. The SMILES string of the molecule is CC1=NOC(CNc2nc(Nc3cc(C4CC4)n[nH]3)cc(OCCN(C)C)n2)C1. The second-order valence-corrected chi connectivity index (χ2v) is 7.81. The van der Waals surface area contributed by atoms with Crippen molar-refractivity contribution in [3.63, 3.8) is 0 Å². The Labute approximate surface area is 170 Å². The summed E-state index contributed by atoms with van der Waals surface area (Å²) in [4.78, 5) is 16.5. The van der Waals surface area contributed by atoms with Crippen LogP contribution < -0.4 is 15.4 Å². The quantitative estimate of drug-likeness (QED) is 0.557. The molecule has 0 saturated heterocycles. The summed E-state index contributed by atoms with van der Waals surface area (Å²) in [5, 5.41) is 17.9. The molecule has 156 valence electrons. The Morgan fingerprint density at radius 2 is 2.14 bits per heavy atom. The summed E-state index contributed by atoms with van der Waals surface area (Å²) in [7, 11) is 4.01. The van der Waals surface area contributed by atoms with Gasteiger partial charge in [0.05, 0.1) is 18.0 Å². The van der Waals surface area contributed by atoms with E-state index in [9.17, 15) is 0 Å². The van der Waals surface area contributed by atoms with Crippen LogP contribution in [0.5, 0.6) is 5.88 Å². The van der Waals surface area contributed by atoms with Gasteiger partial charge in [0.2, 0.25) is 11.8 Å². The molecule has 1 saturated carbocycles. The van der Waals surface area contributed by atoms with E-state index in [0.717, 1.165) is 30.2 Å². The van der Waals surface area contributed by atoms with Crippen LogP contribution in [0.2, 0.25) is 0 Å². The van der Waals surface area contributed by atoms with E-state index in [-0.39, 0.29) is 6.10 Å². The summed E-state index contributed by atoms with van der Waals surface area (Å²) in [6, 6.07) is 3.82. The molecule has 1 fully saturated rings. The predicted octanol–water partition coefficient (Wildman–Crippen LogP) is 2.34. The van der Waals surface area contributed by atoms with Crippen LogP contribution in [0.4, 0.5) is 17.6 Å². The van der Waals surface area contributed by atoms with Crippen molar-refractivity contribution in [2.45, 2.75) is 38.2 Å². The van der Waals surface area contributed by atoms with Gasteiger partial charge in [-0.2, -0.15) is 15.1 Å². The van der Waals surface area contributed by atoms with Gasteiger partial charge >= 0.3 is 0 Å².